The van der Waals surface area contributed by atoms with Crippen LogP contribution in [-0.2, 0) is 14.3 Å². The van der Waals surface area contributed by atoms with Crippen molar-refractivity contribution in [2.45, 2.75) is 64.9 Å². The Morgan fingerprint density at radius 2 is 1.81 bits per heavy atom. The Hall–Kier alpha value is -0.610. The Kier molecular flexibility index (Phi) is 4.74. The van der Waals surface area contributed by atoms with Crippen LogP contribution in [0.3, 0.4) is 0 Å². The van der Waals surface area contributed by atoms with Gasteiger partial charge in [-0.25, -0.2) is 0 Å². The molecule has 1 heterocycles. The molecule has 0 radical (unpaired) electrons. The van der Waals surface area contributed by atoms with Crippen LogP contribution in [0.2, 0.25) is 0 Å². The van der Waals surface area contributed by atoms with Gasteiger partial charge in [0.05, 0.1) is 12.2 Å². The zero-order valence-electron chi connectivity index (χ0n) is 10.6. The van der Waals surface area contributed by atoms with E-state index in [1.807, 2.05) is 27.7 Å². The second-order valence-corrected chi connectivity index (χ2v) is 5.06. The maximum Gasteiger partial charge on any atom is 0.323 e. The zero-order valence-corrected chi connectivity index (χ0v) is 10.6. The van der Waals surface area contributed by atoms with Gasteiger partial charge in [-0.1, -0.05) is 13.8 Å². The maximum atomic E-state index is 11.7. The van der Waals surface area contributed by atoms with E-state index in [1.165, 1.54) is 0 Å². The van der Waals surface area contributed by atoms with Crippen molar-refractivity contribution < 1.29 is 14.3 Å². The molecule has 1 fully saturated rings. The van der Waals surface area contributed by atoms with Gasteiger partial charge in [0.25, 0.3) is 0 Å². The molecule has 0 aromatic rings. The molecule has 1 rings (SSSR count). The summed E-state index contributed by atoms with van der Waals surface area (Å²) in [4.78, 5) is 11.7. The van der Waals surface area contributed by atoms with Gasteiger partial charge in [0, 0.05) is 12.8 Å². The van der Waals surface area contributed by atoms with Crippen LogP contribution in [0.15, 0.2) is 0 Å². The topological polar surface area (TPSA) is 61.5 Å². The van der Waals surface area contributed by atoms with E-state index in [0.717, 1.165) is 12.8 Å². The molecule has 0 bridgehead atoms. The lowest BCUT2D eigenvalue weighted by Crippen LogP contribution is -2.42. The van der Waals surface area contributed by atoms with E-state index in [0.29, 0.717) is 0 Å². The van der Waals surface area contributed by atoms with Gasteiger partial charge in [-0.05, 0) is 19.8 Å². The van der Waals surface area contributed by atoms with E-state index in [-0.39, 0.29) is 30.2 Å². The molecule has 16 heavy (non-hydrogen) atoms. The molecule has 1 aliphatic rings. The van der Waals surface area contributed by atoms with Crippen LogP contribution in [0, 0.1) is 5.92 Å². The van der Waals surface area contributed by atoms with E-state index in [1.54, 1.807) is 0 Å². The van der Waals surface area contributed by atoms with Crippen molar-refractivity contribution in [3.8, 4) is 0 Å². The van der Waals surface area contributed by atoms with Crippen LogP contribution >= 0.6 is 0 Å². The molecule has 0 aromatic carbocycles. The zero-order chi connectivity index (χ0) is 12.3. The fraction of sp³-hybridized carbons (Fsp3) is 0.917. The van der Waals surface area contributed by atoms with Gasteiger partial charge >= 0.3 is 5.97 Å². The Labute approximate surface area is 97.5 Å². The van der Waals surface area contributed by atoms with Gasteiger partial charge < -0.3 is 15.2 Å². The van der Waals surface area contributed by atoms with Crippen molar-refractivity contribution in [2.75, 3.05) is 0 Å². The number of rotatable bonds is 3. The number of nitrogens with two attached hydrogens (primary N) is 1. The summed E-state index contributed by atoms with van der Waals surface area (Å²) in [6.07, 6.45) is 1.78. The number of carbonyl (C=O) groups is 1. The van der Waals surface area contributed by atoms with Gasteiger partial charge in [0.1, 0.15) is 12.1 Å². The molecule has 0 amide bonds. The Morgan fingerprint density at radius 1 is 1.31 bits per heavy atom. The minimum Gasteiger partial charge on any atom is -0.461 e. The molecule has 4 heteroatoms. The van der Waals surface area contributed by atoms with Crippen molar-refractivity contribution in [1.29, 1.82) is 0 Å². The molecule has 0 aliphatic carbocycles. The first-order valence-corrected chi connectivity index (χ1v) is 6.01. The fourth-order valence-corrected chi connectivity index (χ4v) is 1.96. The first-order valence-electron chi connectivity index (χ1n) is 6.01. The largest absolute Gasteiger partial charge is 0.461 e. The average molecular weight is 229 g/mol. The second kappa shape index (κ2) is 5.64. The summed E-state index contributed by atoms with van der Waals surface area (Å²) in [5.74, 6) is -0.177. The number of ether oxygens (including phenoxy) is 2. The molecule has 1 aliphatic heterocycles. The monoisotopic (exact) mass is 229 g/mol. The van der Waals surface area contributed by atoms with Gasteiger partial charge in [0.2, 0.25) is 0 Å². The van der Waals surface area contributed by atoms with Crippen LogP contribution in [0.1, 0.15) is 40.5 Å². The van der Waals surface area contributed by atoms with Crippen molar-refractivity contribution in [3.63, 3.8) is 0 Å². The van der Waals surface area contributed by atoms with E-state index in [9.17, 15) is 4.79 Å². The smallest absolute Gasteiger partial charge is 0.323 e. The van der Waals surface area contributed by atoms with Gasteiger partial charge in [-0.2, -0.15) is 0 Å². The molecular formula is C12H23NO3. The number of hydrogen-bond donors (Lipinski definition) is 1. The van der Waals surface area contributed by atoms with Gasteiger partial charge in [0.15, 0.2) is 0 Å². The number of hydrogen-bond acceptors (Lipinski definition) is 4. The van der Waals surface area contributed by atoms with Gasteiger partial charge in [-0.3, -0.25) is 4.79 Å². The van der Waals surface area contributed by atoms with E-state index >= 15 is 0 Å². The first-order chi connectivity index (χ1) is 7.40. The summed E-state index contributed by atoms with van der Waals surface area (Å²) >= 11 is 0. The number of carbonyl (C=O) groups excluding carboxylic acids is 1. The Balaban J connectivity index is 2.44. The van der Waals surface area contributed by atoms with Crippen molar-refractivity contribution >= 4 is 5.97 Å². The molecule has 4 nitrogen and oxygen atoms in total. The van der Waals surface area contributed by atoms with Crippen molar-refractivity contribution in [3.05, 3.63) is 0 Å². The second-order valence-electron chi connectivity index (χ2n) is 5.06. The van der Waals surface area contributed by atoms with Crippen LogP contribution in [-0.4, -0.2) is 30.3 Å². The Morgan fingerprint density at radius 3 is 2.25 bits per heavy atom. The minimum absolute atomic E-state index is 0.0453. The highest BCUT2D eigenvalue weighted by Crippen LogP contribution is 2.22. The first kappa shape index (κ1) is 13.5. The SMILES string of the molecule is CC1CC(OC(=O)C(N)C(C)C)CC(C)O1. The molecule has 1 saturated heterocycles. The predicted octanol–water partition coefficient (Wildman–Crippen LogP) is 1.47. The fourth-order valence-electron chi connectivity index (χ4n) is 1.96. The highest BCUT2D eigenvalue weighted by molar-refractivity contribution is 5.75. The van der Waals surface area contributed by atoms with Crippen molar-refractivity contribution in [1.82, 2.24) is 0 Å². The summed E-state index contributed by atoms with van der Waals surface area (Å²) in [7, 11) is 0. The highest BCUT2D eigenvalue weighted by Gasteiger charge is 2.29. The Bertz CT molecular complexity index is 232. The van der Waals surface area contributed by atoms with Crippen molar-refractivity contribution in [2.24, 2.45) is 11.7 Å². The van der Waals surface area contributed by atoms with Crippen LogP contribution in [0.25, 0.3) is 0 Å². The number of esters is 1. The lowest BCUT2D eigenvalue weighted by molar-refractivity contribution is -0.162. The van der Waals surface area contributed by atoms with Gasteiger partial charge in [-0.15, -0.1) is 0 Å². The summed E-state index contributed by atoms with van der Waals surface area (Å²) in [5.41, 5.74) is 5.74. The molecule has 0 aromatic heterocycles. The summed E-state index contributed by atoms with van der Waals surface area (Å²) in [6.45, 7) is 7.83. The predicted molar refractivity (Wildman–Crippen MR) is 61.9 cm³/mol. The average Bonchev–Trinajstić information content (AvgIpc) is 2.14. The van der Waals surface area contributed by atoms with E-state index in [2.05, 4.69) is 0 Å². The summed E-state index contributed by atoms with van der Waals surface area (Å²) < 4.78 is 11.0. The van der Waals surface area contributed by atoms with E-state index < -0.39 is 6.04 Å². The molecule has 94 valence electrons. The third-order valence-corrected chi connectivity index (χ3v) is 2.93. The third kappa shape index (κ3) is 3.76. The molecule has 0 saturated carbocycles. The standard InChI is InChI=1S/C12H23NO3/c1-7(2)11(13)12(14)16-10-5-8(3)15-9(4)6-10/h7-11H,5-6,13H2,1-4H3. The molecule has 3 atom stereocenters. The molecular weight excluding hydrogens is 206 g/mol. The highest BCUT2D eigenvalue weighted by atomic mass is 16.6. The molecule has 3 unspecified atom stereocenters. The molecule has 2 N–H and O–H groups in total. The molecule has 0 spiro atoms. The lowest BCUT2D eigenvalue weighted by Gasteiger charge is -2.32. The van der Waals surface area contributed by atoms with E-state index in [4.69, 9.17) is 15.2 Å². The summed E-state index contributed by atoms with van der Waals surface area (Å²) in [6, 6.07) is -0.520. The minimum atomic E-state index is -0.520. The lowest BCUT2D eigenvalue weighted by atomic mass is 10.0. The maximum absolute atomic E-state index is 11.7. The third-order valence-electron chi connectivity index (χ3n) is 2.93. The van der Waals surface area contributed by atoms with Crippen LogP contribution < -0.4 is 5.73 Å². The van der Waals surface area contributed by atoms with Crippen LogP contribution in [0.5, 0.6) is 0 Å². The summed E-state index contributed by atoms with van der Waals surface area (Å²) in [5, 5.41) is 0. The normalized spacial score (nSPS) is 32.5. The van der Waals surface area contributed by atoms with Crippen LogP contribution in [0.4, 0.5) is 0 Å². The quantitative estimate of drug-likeness (QED) is 0.744.